The predicted molar refractivity (Wildman–Crippen MR) is 99.4 cm³/mol. The minimum absolute atomic E-state index is 0.0732. The van der Waals surface area contributed by atoms with E-state index in [4.69, 9.17) is 9.26 Å². The summed E-state index contributed by atoms with van der Waals surface area (Å²) in [7, 11) is 1.69. The average molecular weight is 357 g/mol. The molecule has 0 aliphatic carbocycles. The molecule has 0 bridgehead atoms. The topological polar surface area (TPSA) is 67.6 Å². The molecule has 1 amide bonds. The van der Waals surface area contributed by atoms with Gasteiger partial charge in [-0.1, -0.05) is 17.3 Å². The Morgan fingerprint density at radius 1 is 1.42 bits per heavy atom. The Morgan fingerprint density at radius 2 is 2.27 bits per heavy atom. The number of carbonyl (C=O) groups excluding carboxylic acids is 1. The summed E-state index contributed by atoms with van der Waals surface area (Å²) < 4.78 is 10.6. The minimum Gasteiger partial charge on any atom is -0.497 e. The number of aromatic nitrogens is 1. The zero-order valence-corrected chi connectivity index (χ0v) is 15.7. The summed E-state index contributed by atoms with van der Waals surface area (Å²) in [6.07, 6.45) is 2.17. The molecular weight excluding hydrogens is 330 g/mol. The molecule has 1 N–H and O–H groups in total. The highest BCUT2D eigenvalue weighted by molar-refractivity contribution is 5.91. The first-order chi connectivity index (χ1) is 12.5. The van der Waals surface area contributed by atoms with Crippen molar-refractivity contribution in [2.45, 2.75) is 45.2 Å². The number of nitrogens with zero attached hydrogens (tertiary/aromatic N) is 2. The monoisotopic (exact) mass is 357 g/mol. The van der Waals surface area contributed by atoms with Gasteiger partial charge in [-0.05, 0) is 50.9 Å². The number of benzene rings is 1. The number of ether oxygens (including phenoxy) is 1. The van der Waals surface area contributed by atoms with Gasteiger partial charge in [-0.3, -0.25) is 9.69 Å². The summed E-state index contributed by atoms with van der Waals surface area (Å²) in [6.45, 7) is 6.70. The lowest BCUT2D eigenvalue weighted by Gasteiger charge is -2.31. The average Bonchev–Trinajstić information content (AvgIpc) is 3.12. The molecule has 1 atom stereocenters. The number of rotatable bonds is 6. The van der Waals surface area contributed by atoms with Crippen LogP contribution in [0.1, 0.15) is 54.4 Å². The number of piperidine rings is 1. The molecule has 3 rings (SSSR count). The van der Waals surface area contributed by atoms with Crippen LogP contribution in [0, 0.1) is 0 Å². The Kier molecular flexibility index (Phi) is 5.93. The number of hydrogen-bond acceptors (Lipinski definition) is 5. The second-order valence-electron chi connectivity index (χ2n) is 7.17. The van der Waals surface area contributed by atoms with E-state index in [0.29, 0.717) is 11.7 Å². The fraction of sp³-hybridized carbons (Fsp3) is 0.500. The zero-order valence-electron chi connectivity index (χ0n) is 15.7. The molecule has 6 nitrogen and oxygen atoms in total. The Hall–Kier alpha value is -2.34. The number of carbonyl (C=O) groups is 1. The van der Waals surface area contributed by atoms with Gasteiger partial charge in [-0.25, -0.2) is 0 Å². The van der Waals surface area contributed by atoms with Gasteiger partial charge < -0.3 is 14.6 Å². The van der Waals surface area contributed by atoms with Crippen LogP contribution in [0.5, 0.6) is 5.75 Å². The van der Waals surface area contributed by atoms with Crippen LogP contribution >= 0.6 is 0 Å². The molecule has 2 heterocycles. The van der Waals surface area contributed by atoms with Crippen molar-refractivity contribution in [2.24, 2.45) is 0 Å². The van der Waals surface area contributed by atoms with Crippen molar-refractivity contribution >= 4 is 5.91 Å². The van der Waals surface area contributed by atoms with E-state index in [-0.39, 0.29) is 11.9 Å². The Labute approximate surface area is 154 Å². The third-order valence-corrected chi connectivity index (χ3v) is 4.64. The van der Waals surface area contributed by atoms with E-state index in [1.54, 1.807) is 13.2 Å². The van der Waals surface area contributed by atoms with Crippen molar-refractivity contribution in [3.05, 3.63) is 47.3 Å². The first kappa shape index (κ1) is 18.5. The van der Waals surface area contributed by atoms with Crippen LogP contribution in [0.2, 0.25) is 0 Å². The molecule has 1 aromatic carbocycles. The van der Waals surface area contributed by atoms with Crippen LogP contribution in [0.3, 0.4) is 0 Å². The van der Waals surface area contributed by atoms with Crippen molar-refractivity contribution in [1.82, 2.24) is 15.4 Å². The van der Waals surface area contributed by atoms with Crippen LogP contribution in [0.15, 0.2) is 34.9 Å². The molecule has 1 fully saturated rings. The summed E-state index contributed by atoms with van der Waals surface area (Å²) in [5.74, 6) is 1.26. The highest BCUT2D eigenvalue weighted by Crippen LogP contribution is 2.28. The first-order valence-corrected chi connectivity index (χ1v) is 9.18. The van der Waals surface area contributed by atoms with Gasteiger partial charge in [0.05, 0.1) is 12.8 Å². The molecule has 0 saturated carbocycles. The molecule has 1 unspecified atom stereocenters. The van der Waals surface area contributed by atoms with Gasteiger partial charge in [0.15, 0.2) is 0 Å². The molecular formula is C20H27N3O3. The third kappa shape index (κ3) is 4.64. The van der Waals surface area contributed by atoms with Gasteiger partial charge in [0.25, 0.3) is 5.91 Å². The van der Waals surface area contributed by atoms with Gasteiger partial charge in [-0.15, -0.1) is 0 Å². The van der Waals surface area contributed by atoms with Crippen LogP contribution in [0.4, 0.5) is 0 Å². The molecule has 1 aromatic heterocycles. The van der Waals surface area contributed by atoms with Crippen LogP contribution < -0.4 is 10.1 Å². The number of amides is 1. The smallest absolute Gasteiger partial charge is 0.290 e. The predicted octanol–water partition coefficient (Wildman–Crippen LogP) is 3.20. The van der Waals surface area contributed by atoms with E-state index < -0.39 is 0 Å². The first-order valence-electron chi connectivity index (χ1n) is 9.18. The van der Waals surface area contributed by atoms with Crippen molar-refractivity contribution in [1.29, 1.82) is 0 Å². The summed E-state index contributed by atoms with van der Waals surface area (Å²) in [5.41, 5.74) is 2.11. The van der Waals surface area contributed by atoms with Crippen molar-refractivity contribution in [3.63, 3.8) is 0 Å². The van der Waals surface area contributed by atoms with Crippen molar-refractivity contribution < 1.29 is 14.1 Å². The van der Waals surface area contributed by atoms with E-state index >= 15 is 0 Å². The molecule has 6 heteroatoms. The van der Waals surface area contributed by atoms with E-state index in [9.17, 15) is 4.79 Å². The van der Waals surface area contributed by atoms with Gasteiger partial charge in [0.1, 0.15) is 5.75 Å². The normalized spacial score (nSPS) is 18.1. The number of methoxy groups -OCH3 is 1. The van der Waals surface area contributed by atoms with Crippen LogP contribution in [0.25, 0.3) is 0 Å². The molecule has 0 spiro atoms. The third-order valence-electron chi connectivity index (χ3n) is 4.64. The molecule has 0 radical (unpaired) electrons. The molecule has 140 valence electrons. The number of likely N-dealkylation sites (tertiary alicyclic amines) is 1. The van der Waals surface area contributed by atoms with Crippen molar-refractivity contribution in [2.75, 3.05) is 20.2 Å². The summed E-state index contributed by atoms with van der Waals surface area (Å²) in [5, 5.41) is 6.99. The summed E-state index contributed by atoms with van der Waals surface area (Å²) in [4.78, 5) is 14.5. The zero-order chi connectivity index (χ0) is 18.5. The SMILES string of the molecule is COc1cccc(CN2CCCC(c3cc(C(=O)NC(C)C)on3)C2)c1. The molecule has 1 aliphatic heterocycles. The molecule has 26 heavy (non-hydrogen) atoms. The van der Waals surface area contributed by atoms with Crippen LogP contribution in [-0.4, -0.2) is 42.2 Å². The minimum atomic E-state index is -0.206. The maximum absolute atomic E-state index is 12.0. The highest BCUT2D eigenvalue weighted by Gasteiger charge is 2.25. The lowest BCUT2D eigenvalue weighted by atomic mass is 9.94. The lowest BCUT2D eigenvalue weighted by Crippen LogP contribution is -2.34. The lowest BCUT2D eigenvalue weighted by molar-refractivity contribution is 0.0905. The quantitative estimate of drug-likeness (QED) is 0.860. The second-order valence-corrected chi connectivity index (χ2v) is 7.17. The van der Waals surface area contributed by atoms with Crippen molar-refractivity contribution in [3.8, 4) is 5.75 Å². The highest BCUT2D eigenvalue weighted by atomic mass is 16.5. The summed E-state index contributed by atoms with van der Waals surface area (Å²) >= 11 is 0. The molecule has 1 aliphatic rings. The maximum Gasteiger partial charge on any atom is 0.290 e. The van der Waals surface area contributed by atoms with Gasteiger partial charge in [0.2, 0.25) is 5.76 Å². The fourth-order valence-corrected chi connectivity index (χ4v) is 3.39. The maximum atomic E-state index is 12.0. The molecule has 1 saturated heterocycles. The number of hydrogen-bond donors (Lipinski definition) is 1. The van der Waals surface area contributed by atoms with E-state index in [2.05, 4.69) is 27.5 Å². The van der Waals surface area contributed by atoms with Gasteiger partial charge in [0, 0.05) is 31.1 Å². The molecule has 2 aromatic rings. The standard InChI is InChI=1S/C20H27N3O3/c1-14(2)21-20(24)19-11-18(22-26-19)16-7-5-9-23(13-16)12-15-6-4-8-17(10-15)25-3/h4,6,8,10-11,14,16H,5,7,9,12-13H2,1-3H3,(H,21,24). The van der Waals surface area contributed by atoms with E-state index in [1.807, 2.05) is 26.0 Å². The second kappa shape index (κ2) is 8.36. The Balaban J connectivity index is 1.63. The summed E-state index contributed by atoms with van der Waals surface area (Å²) in [6, 6.07) is 10.0. The van der Waals surface area contributed by atoms with E-state index in [1.165, 1.54) is 5.56 Å². The van der Waals surface area contributed by atoms with Gasteiger partial charge >= 0.3 is 0 Å². The van der Waals surface area contributed by atoms with Gasteiger partial charge in [-0.2, -0.15) is 0 Å². The Morgan fingerprint density at radius 3 is 3.04 bits per heavy atom. The van der Waals surface area contributed by atoms with Crippen LogP contribution in [-0.2, 0) is 6.54 Å². The number of nitrogens with one attached hydrogen (secondary N) is 1. The largest absolute Gasteiger partial charge is 0.497 e. The van der Waals surface area contributed by atoms with E-state index in [0.717, 1.165) is 43.9 Å². The fourth-order valence-electron chi connectivity index (χ4n) is 3.39. The Bertz CT molecular complexity index is 741.